The molecule has 0 bridgehead atoms. The highest BCUT2D eigenvalue weighted by atomic mass is 35.5. The zero-order valence-electron chi connectivity index (χ0n) is 12.5. The number of nitrogens with one attached hydrogen (secondary N) is 2. The number of nitrogens with zero attached hydrogens (tertiary/aromatic N) is 2. The molecule has 118 valence electrons. The first kappa shape index (κ1) is 16.5. The van der Waals surface area contributed by atoms with Crippen LogP contribution in [-0.4, -0.2) is 31.8 Å². The molecule has 2 N–H and O–H groups in total. The lowest BCUT2D eigenvalue weighted by molar-refractivity contribution is 0.526. The third-order valence-corrected chi connectivity index (χ3v) is 4.77. The molecule has 0 amide bonds. The average Bonchev–Trinajstić information content (AvgIpc) is 2.44. The lowest BCUT2D eigenvalue weighted by atomic mass is 10.2. The maximum absolute atomic E-state index is 11.7. The zero-order valence-corrected chi connectivity index (χ0v) is 14.0. The summed E-state index contributed by atoms with van der Waals surface area (Å²) in [6.45, 7) is 1.93. The standard InChI is InChI=1S/C14H17ClN4O2S/c1-10-4-5-11(8-13(10)15)17-12-6-7-14(16-9-12)18-22(20,21)19(2)3/h4-9,17H,1-3H3,(H,16,18). The van der Waals surface area contributed by atoms with Gasteiger partial charge in [0.25, 0.3) is 0 Å². The van der Waals surface area contributed by atoms with Crippen LogP contribution in [0.15, 0.2) is 36.5 Å². The van der Waals surface area contributed by atoms with E-state index in [1.54, 1.807) is 18.3 Å². The number of anilines is 3. The third-order valence-electron chi connectivity index (χ3n) is 2.94. The van der Waals surface area contributed by atoms with Crippen molar-refractivity contribution in [3.8, 4) is 0 Å². The molecule has 0 unspecified atom stereocenters. The van der Waals surface area contributed by atoms with Crippen molar-refractivity contribution in [1.82, 2.24) is 9.29 Å². The van der Waals surface area contributed by atoms with E-state index < -0.39 is 10.2 Å². The molecule has 0 aliphatic heterocycles. The van der Waals surface area contributed by atoms with Crippen LogP contribution in [0.25, 0.3) is 0 Å². The predicted molar refractivity (Wildman–Crippen MR) is 89.9 cm³/mol. The largest absolute Gasteiger partial charge is 0.354 e. The second kappa shape index (κ2) is 6.51. The Labute approximate surface area is 135 Å². The van der Waals surface area contributed by atoms with Gasteiger partial charge in [-0.25, -0.2) is 4.98 Å². The van der Waals surface area contributed by atoms with Crippen molar-refractivity contribution >= 4 is 39.0 Å². The summed E-state index contributed by atoms with van der Waals surface area (Å²) in [7, 11) is -0.663. The second-order valence-electron chi connectivity index (χ2n) is 4.91. The van der Waals surface area contributed by atoms with Crippen molar-refractivity contribution in [3.05, 3.63) is 47.1 Å². The molecule has 0 aliphatic carbocycles. The van der Waals surface area contributed by atoms with E-state index in [1.807, 2.05) is 25.1 Å². The maximum Gasteiger partial charge on any atom is 0.302 e. The van der Waals surface area contributed by atoms with E-state index in [0.717, 1.165) is 21.2 Å². The lowest BCUT2D eigenvalue weighted by Crippen LogP contribution is -2.29. The highest BCUT2D eigenvalue weighted by Gasteiger charge is 2.13. The molecule has 0 saturated heterocycles. The summed E-state index contributed by atoms with van der Waals surface area (Å²) >= 11 is 6.07. The van der Waals surface area contributed by atoms with E-state index in [9.17, 15) is 8.42 Å². The Hall–Kier alpha value is -1.83. The molecule has 6 nitrogen and oxygen atoms in total. The maximum atomic E-state index is 11.7. The van der Waals surface area contributed by atoms with Crippen LogP contribution in [0.3, 0.4) is 0 Å². The van der Waals surface area contributed by atoms with Crippen molar-refractivity contribution < 1.29 is 8.42 Å². The number of pyridine rings is 1. The van der Waals surface area contributed by atoms with Gasteiger partial charge in [0.1, 0.15) is 5.82 Å². The van der Waals surface area contributed by atoms with Gasteiger partial charge in [0, 0.05) is 24.8 Å². The summed E-state index contributed by atoms with van der Waals surface area (Å²) in [5, 5.41) is 3.82. The number of aromatic nitrogens is 1. The topological polar surface area (TPSA) is 74.3 Å². The molecule has 1 aromatic heterocycles. The molecule has 0 radical (unpaired) electrons. The van der Waals surface area contributed by atoms with Crippen LogP contribution in [0.1, 0.15) is 5.56 Å². The van der Waals surface area contributed by atoms with Crippen molar-refractivity contribution in [1.29, 1.82) is 0 Å². The Morgan fingerprint density at radius 3 is 2.36 bits per heavy atom. The SMILES string of the molecule is Cc1ccc(Nc2ccc(NS(=O)(=O)N(C)C)nc2)cc1Cl. The van der Waals surface area contributed by atoms with Crippen molar-refractivity contribution in [2.45, 2.75) is 6.92 Å². The molecule has 0 atom stereocenters. The number of benzene rings is 1. The number of aryl methyl sites for hydroxylation is 1. The summed E-state index contributed by atoms with van der Waals surface area (Å²) in [5.74, 6) is 0.251. The van der Waals surface area contributed by atoms with Crippen LogP contribution in [0.4, 0.5) is 17.2 Å². The highest BCUT2D eigenvalue weighted by Crippen LogP contribution is 2.23. The van der Waals surface area contributed by atoms with E-state index in [0.29, 0.717) is 5.02 Å². The van der Waals surface area contributed by atoms with Gasteiger partial charge < -0.3 is 5.32 Å². The fourth-order valence-electron chi connectivity index (χ4n) is 1.59. The van der Waals surface area contributed by atoms with Crippen molar-refractivity contribution in [2.24, 2.45) is 0 Å². The van der Waals surface area contributed by atoms with E-state index in [-0.39, 0.29) is 5.82 Å². The van der Waals surface area contributed by atoms with Gasteiger partial charge in [0.2, 0.25) is 0 Å². The Kier molecular flexibility index (Phi) is 4.90. The van der Waals surface area contributed by atoms with Crippen LogP contribution in [0.2, 0.25) is 5.02 Å². The quantitative estimate of drug-likeness (QED) is 0.877. The Bertz CT molecular complexity index is 761. The van der Waals surface area contributed by atoms with Crippen LogP contribution >= 0.6 is 11.6 Å². The fourth-order valence-corrected chi connectivity index (χ4v) is 2.34. The monoisotopic (exact) mass is 340 g/mol. The third kappa shape index (κ3) is 4.09. The van der Waals surface area contributed by atoms with Gasteiger partial charge in [0.05, 0.1) is 11.9 Å². The first-order valence-electron chi connectivity index (χ1n) is 6.47. The highest BCUT2D eigenvalue weighted by molar-refractivity contribution is 7.90. The van der Waals surface area contributed by atoms with Gasteiger partial charge in [0.15, 0.2) is 0 Å². The minimum Gasteiger partial charge on any atom is -0.354 e. The molecule has 1 aromatic carbocycles. The molecule has 1 heterocycles. The summed E-state index contributed by atoms with van der Waals surface area (Å²) in [4.78, 5) is 4.07. The smallest absolute Gasteiger partial charge is 0.302 e. The molecule has 0 saturated carbocycles. The number of rotatable bonds is 5. The number of halogens is 1. The zero-order chi connectivity index (χ0) is 16.3. The average molecular weight is 341 g/mol. The van der Waals surface area contributed by atoms with Gasteiger partial charge in [-0.15, -0.1) is 0 Å². The first-order valence-corrected chi connectivity index (χ1v) is 8.29. The van der Waals surface area contributed by atoms with E-state index in [2.05, 4.69) is 15.0 Å². The predicted octanol–water partition coefficient (Wildman–Crippen LogP) is 3.01. The van der Waals surface area contributed by atoms with Crippen LogP contribution in [0.5, 0.6) is 0 Å². The molecule has 0 fully saturated rings. The molecule has 2 rings (SSSR count). The van der Waals surface area contributed by atoms with E-state index in [1.165, 1.54) is 14.1 Å². The normalized spacial score (nSPS) is 11.5. The summed E-state index contributed by atoms with van der Waals surface area (Å²) < 4.78 is 26.8. The van der Waals surface area contributed by atoms with Crippen LogP contribution < -0.4 is 10.0 Å². The summed E-state index contributed by atoms with van der Waals surface area (Å²) in [5.41, 5.74) is 2.56. The first-order chi connectivity index (χ1) is 10.3. The number of hydrogen-bond donors (Lipinski definition) is 2. The fraction of sp³-hybridized carbons (Fsp3) is 0.214. The number of hydrogen-bond acceptors (Lipinski definition) is 4. The van der Waals surface area contributed by atoms with Gasteiger partial charge >= 0.3 is 10.2 Å². The van der Waals surface area contributed by atoms with Crippen molar-refractivity contribution in [2.75, 3.05) is 24.1 Å². The van der Waals surface area contributed by atoms with Crippen molar-refractivity contribution in [3.63, 3.8) is 0 Å². The van der Waals surface area contributed by atoms with Gasteiger partial charge in [-0.2, -0.15) is 12.7 Å². The molecule has 0 aliphatic rings. The van der Waals surface area contributed by atoms with Gasteiger partial charge in [-0.3, -0.25) is 4.72 Å². The molecule has 2 aromatic rings. The van der Waals surface area contributed by atoms with Crippen LogP contribution in [-0.2, 0) is 10.2 Å². The van der Waals surface area contributed by atoms with E-state index >= 15 is 0 Å². The Morgan fingerprint density at radius 2 is 1.82 bits per heavy atom. The lowest BCUT2D eigenvalue weighted by Gasteiger charge is -2.13. The molecular formula is C14H17ClN4O2S. The Balaban J connectivity index is 2.10. The minimum atomic E-state index is -3.55. The van der Waals surface area contributed by atoms with Gasteiger partial charge in [-0.1, -0.05) is 17.7 Å². The molecule has 0 spiro atoms. The molecule has 8 heteroatoms. The summed E-state index contributed by atoms with van der Waals surface area (Å²) in [6, 6.07) is 8.95. The molecular weight excluding hydrogens is 324 g/mol. The Morgan fingerprint density at radius 1 is 1.14 bits per heavy atom. The molecule has 22 heavy (non-hydrogen) atoms. The minimum absolute atomic E-state index is 0.251. The van der Waals surface area contributed by atoms with Crippen LogP contribution in [0, 0.1) is 6.92 Å². The van der Waals surface area contributed by atoms with Gasteiger partial charge in [-0.05, 0) is 36.8 Å². The van der Waals surface area contributed by atoms with E-state index in [4.69, 9.17) is 11.6 Å². The second-order valence-corrected chi connectivity index (χ2v) is 7.20. The summed E-state index contributed by atoms with van der Waals surface area (Å²) in [6.07, 6.45) is 1.54.